The first-order valence-electron chi connectivity index (χ1n) is 5.91. The Hall–Kier alpha value is -1.39. The van der Waals surface area contributed by atoms with Crippen LogP contribution in [-0.2, 0) is 0 Å². The molecule has 0 unspecified atom stereocenters. The molecule has 0 spiro atoms. The molecule has 0 aliphatic heterocycles. The lowest BCUT2D eigenvalue weighted by Crippen LogP contribution is -2.13. The quantitative estimate of drug-likeness (QED) is 0.796. The lowest BCUT2D eigenvalue weighted by atomic mass is 10.1. The monoisotopic (exact) mass is 355 g/mol. The summed E-state index contributed by atoms with van der Waals surface area (Å²) in [5.41, 5.74) is 2.57. The number of hydrogen-bond donors (Lipinski definition) is 1. The highest BCUT2D eigenvalue weighted by molar-refractivity contribution is 9.10. The van der Waals surface area contributed by atoms with Crippen molar-refractivity contribution in [1.82, 2.24) is 0 Å². The molecule has 2 nitrogen and oxygen atoms in total. The molecule has 0 aromatic heterocycles. The third kappa shape index (κ3) is 3.19. The number of anilines is 1. The van der Waals surface area contributed by atoms with Crippen molar-refractivity contribution in [1.29, 1.82) is 0 Å². The minimum Gasteiger partial charge on any atom is -0.322 e. The first kappa shape index (κ1) is 15.0. The number of benzene rings is 2. The van der Waals surface area contributed by atoms with Gasteiger partial charge >= 0.3 is 0 Å². The Labute approximate surface area is 130 Å². The fraction of sp³-hybridized carbons (Fsp3) is 0.133. The third-order valence-corrected chi connectivity index (χ3v) is 3.96. The standard InChI is InChI=1S/C15H12BrClFNO/c1-8-3-4-10(6-12(8)17)15(20)19-14-7-11(16)13(18)5-9(14)2/h3-7H,1-2H3,(H,19,20). The highest BCUT2D eigenvalue weighted by Crippen LogP contribution is 2.25. The van der Waals surface area contributed by atoms with Gasteiger partial charge in [0.25, 0.3) is 5.91 Å². The highest BCUT2D eigenvalue weighted by atomic mass is 79.9. The maximum atomic E-state index is 13.3. The fourth-order valence-corrected chi connectivity index (χ4v) is 2.23. The van der Waals surface area contributed by atoms with E-state index < -0.39 is 0 Å². The largest absolute Gasteiger partial charge is 0.322 e. The molecule has 2 rings (SSSR count). The molecule has 0 saturated heterocycles. The number of amides is 1. The van der Waals surface area contributed by atoms with Crippen LogP contribution in [-0.4, -0.2) is 5.91 Å². The van der Waals surface area contributed by atoms with Crippen LogP contribution in [0.3, 0.4) is 0 Å². The van der Waals surface area contributed by atoms with E-state index in [0.29, 0.717) is 26.3 Å². The van der Waals surface area contributed by atoms with Gasteiger partial charge in [-0.1, -0.05) is 17.7 Å². The topological polar surface area (TPSA) is 29.1 Å². The van der Waals surface area contributed by atoms with Crippen LogP contribution >= 0.6 is 27.5 Å². The molecule has 20 heavy (non-hydrogen) atoms. The maximum Gasteiger partial charge on any atom is 0.255 e. The third-order valence-electron chi connectivity index (χ3n) is 2.95. The molecule has 2 aromatic carbocycles. The van der Waals surface area contributed by atoms with E-state index >= 15 is 0 Å². The normalized spacial score (nSPS) is 10.4. The Morgan fingerprint density at radius 1 is 1.20 bits per heavy atom. The van der Waals surface area contributed by atoms with Crippen LogP contribution in [0.1, 0.15) is 21.5 Å². The molecule has 0 radical (unpaired) electrons. The molecular formula is C15H12BrClFNO. The predicted octanol–water partition coefficient (Wildman–Crippen LogP) is 5.11. The molecule has 1 N–H and O–H groups in total. The number of rotatable bonds is 2. The van der Waals surface area contributed by atoms with Gasteiger partial charge in [0.2, 0.25) is 0 Å². The SMILES string of the molecule is Cc1ccc(C(=O)Nc2cc(Br)c(F)cc2C)cc1Cl. The summed E-state index contributed by atoms with van der Waals surface area (Å²) in [6, 6.07) is 8.00. The Bertz CT molecular complexity index is 688. The molecule has 2 aromatic rings. The van der Waals surface area contributed by atoms with Gasteiger partial charge in [0.05, 0.1) is 4.47 Å². The van der Waals surface area contributed by atoms with E-state index in [0.717, 1.165) is 5.56 Å². The molecule has 0 aliphatic carbocycles. The first-order valence-corrected chi connectivity index (χ1v) is 7.08. The summed E-state index contributed by atoms with van der Waals surface area (Å²) < 4.78 is 13.6. The molecule has 0 fully saturated rings. The number of nitrogens with one attached hydrogen (secondary N) is 1. The molecule has 104 valence electrons. The smallest absolute Gasteiger partial charge is 0.255 e. The fourth-order valence-electron chi connectivity index (χ4n) is 1.71. The Morgan fingerprint density at radius 3 is 2.55 bits per heavy atom. The average molecular weight is 357 g/mol. The number of carbonyl (C=O) groups excluding carboxylic acids is 1. The van der Waals surface area contributed by atoms with Crippen LogP contribution in [0.15, 0.2) is 34.8 Å². The van der Waals surface area contributed by atoms with Crippen molar-refractivity contribution in [2.45, 2.75) is 13.8 Å². The van der Waals surface area contributed by atoms with Crippen molar-refractivity contribution >= 4 is 39.1 Å². The van der Waals surface area contributed by atoms with Crippen molar-refractivity contribution in [2.75, 3.05) is 5.32 Å². The number of hydrogen-bond acceptors (Lipinski definition) is 1. The zero-order valence-electron chi connectivity index (χ0n) is 10.9. The maximum absolute atomic E-state index is 13.3. The van der Waals surface area contributed by atoms with Crippen LogP contribution in [0.25, 0.3) is 0 Å². The molecule has 0 aliphatic rings. The van der Waals surface area contributed by atoms with Crippen LogP contribution < -0.4 is 5.32 Å². The Kier molecular flexibility index (Phi) is 4.45. The van der Waals surface area contributed by atoms with Gasteiger partial charge in [-0.2, -0.15) is 0 Å². The van der Waals surface area contributed by atoms with Gasteiger partial charge in [-0.05, 0) is 65.2 Å². The van der Waals surface area contributed by atoms with Crippen molar-refractivity contribution in [3.8, 4) is 0 Å². The zero-order chi connectivity index (χ0) is 14.9. The average Bonchev–Trinajstić information content (AvgIpc) is 2.39. The lowest BCUT2D eigenvalue weighted by molar-refractivity contribution is 0.102. The molecular weight excluding hydrogens is 345 g/mol. The van der Waals surface area contributed by atoms with Gasteiger partial charge in [-0.15, -0.1) is 0 Å². The van der Waals surface area contributed by atoms with E-state index in [2.05, 4.69) is 21.2 Å². The highest BCUT2D eigenvalue weighted by Gasteiger charge is 2.11. The van der Waals surface area contributed by atoms with Crippen molar-refractivity contribution in [3.05, 3.63) is 62.3 Å². The van der Waals surface area contributed by atoms with E-state index in [9.17, 15) is 9.18 Å². The molecule has 0 bridgehead atoms. The van der Waals surface area contributed by atoms with E-state index in [4.69, 9.17) is 11.6 Å². The lowest BCUT2D eigenvalue weighted by Gasteiger charge is -2.10. The van der Waals surface area contributed by atoms with Gasteiger partial charge < -0.3 is 5.32 Å². The summed E-state index contributed by atoms with van der Waals surface area (Å²) in [6.07, 6.45) is 0. The zero-order valence-corrected chi connectivity index (χ0v) is 13.3. The van der Waals surface area contributed by atoms with Gasteiger partial charge in [0.15, 0.2) is 0 Å². The summed E-state index contributed by atoms with van der Waals surface area (Å²) in [5, 5.41) is 3.28. The summed E-state index contributed by atoms with van der Waals surface area (Å²) in [6.45, 7) is 3.60. The van der Waals surface area contributed by atoms with Crippen molar-refractivity contribution < 1.29 is 9.18 Å². The minimum absolute atomic E-state index is 0.284. The summed E-state index contributed by atoms with van der Waals surface area (Å²) in [5.74, 6) is -0.646. The van der Waals surface area contributed by atoms with Crippen LogP contribution in [0.4, 0.5) is 10.1 Å². The van der Waals surface area contributed by atoms with E-state index in [-0.39, 0.29) is 11.7 Å². The Balaban J connectivity index is 2.27. The van der Waals surface area contributed by atoms with Crippen molar-refractivity contribution in [3.63, 3.8) is 0 Å². The summed E-state index contributed by atoms with van der Waals surface area (Å²) in [7, 11) is 0. The van der Waals surface area contributed by atoms with Gasteiger partial charge in [-0.3, -0.25) is 4.79 Å². The van der Waals surface area contributed by atoms with Crippen molar-refractivity contribution in [2.24, 2.45) is 0 Å². The second-order valence-electron chi connectivity index (χ2n) is 4.50. The number of carbonyl (C=O) groups is 1. The first-order chi connectivity index (χ1) is 9.38. The van der Waals surface area contributed by atoms with Gasteiger partial charge in [0.1, 0.15) is 5.82 Å². The van der Waals surface area contributed by atoms with Crippen LogP contribution in [0.5, 0.6) is 0 Å². The van der Waals surface area contributed by atoms with E-state index in [1.807, 2.05) is 6.92 Å². The Morgan fingerprint density at radius 2 is 1.90 bits per heavy atom. The second-order valence-corrected chi connectivity index (χ2v) is 5.76. The summed E-state index contributed by atoms with van der Waals surface area (Å²) in [4.78, 5) is 12.1. The van der Waals surface area contributed by atoms with E-state index in [1.165, 1.54) is 6.07 Å². The molecule has 0 atom stereocenters. The molecule has 0 saturated carbocycles. The van der Waals surface area contributed by atoms with Crippen LogP contribution in [0, 0.1) is 19.7 Å². The number of aryl methyl sites for hydroxylation is 2. The van der Waals surface area contributed by atoms with Crippen LogP contribution in [0.2, 0.25) is 5.02 Å². The summed E-state index contributed by atoms with van der Waals surface area (Å²) >= 11 is 9.10. The molecule has 5 heteroatoms. The van der Waals surface area contributed by atoms with E-state index in [1.54, 1.807) is 31.2 Å². The van der Waals surface area contributed by atoms with Gasteiger partial charge in [0, 0.05) is 16.3 Å². The molecule has 1 amide bonds. The second kappa shape index (κ2) is 5.94. The minimum atomic E-state index is -0.362. The number of halogens is 3. The van der Waals surface area contributed by atoms with Gasteiger partial charge in [-0.25, -0.2) is 4.39 Å². The molecule has 0 heterocycles. The predicted molar refractivity (Wildman–Crippen MR) is 83.0 cm³/mol.